The van der Waals surface area contributed by atoms with Crippen LogP contribution in [0.1, 0.15) is 39.5 Å². The molecule has 1 saturated carbocycles. The SMILES string of the molecule is CC(C)NCC(=O)NCC1(CO)CCCC1. The van der Waals surface area contributed by atoms with Crippen molar-refractivity contribution in [1.82, 2.24) is 10.6 Å². The molecule has 1 fully saturated rings. The van der Waals surface area contributed by atoms with Crippen molar-refractivity contribution < 1.29 is 9.90 Å². The highest BCUT2D eigenvalue weighted by Gasteiger charge is 2.33. The van der Waals surface area contributed by atoms with Crippen LogP contribution in [0.4, 0.5) is 0 Å². The highest BCUT2D eigenvalue weighted by Crippen LogP contribution is 2.36. The molecular formula is C12H24N2O2. The van der Waals surface area contributed by atoms with Crippen LogP contribution in [0.15, 0.2) is 0 Å². The highest BCUT2D eigenvalue weighted by atomic mass is 16.3. The predicted molar refractivity (Wildman–Crippen MR) is 64.1 cm³/mol. The van der Waals surface area contributed by atoms with Gasteiger partial charge in [0.15, 0.2) is 0 Å². The molecule has 94 valence electrons. The minimum Gasteiger partial charge on any atom is -0.396 e. The Morgan fingerprint density at radius 1 is 1.38 bits per heavy atom. The van der Waals surface area contributed by atoms with Crippen LogP contribution in [-0.4, -0.2) is 36.8 Å². The molecule has 4 nitrogen and oxygen atoms in total. The minimum absolute atomic E-state index is 0.0217. The topological polar surface area (TPSA) is 61.4 Å². The monoisotopic (exact) mass is 228 g/mol. The quantitative estimate of drug-likeness (QED) is 0.625. The molecule has 0 aromatic carbocycles. The summed E-state index contributed by atoms with van der Waals surface area (Å²) in [6.45, 7) is 5.19. The van der Waals surface area contributed by atoms with Crippen molar-refractivity contribution in [3.63, 3.8) is 0 Å². The van der Waals surface area contributed by atoms with Gasteiger partial charge in [0.05, 0.1) is 13.2 Å². The fourth-order valence-corrected chi connectivity index (χ4v) is 2.16. The molecule has 0 saturated heterocycles. The number of hydrogen-bond donors (Lipinski definition) is 3. The standard InChI is InChI=1S/C12H24N2O2/c1-10(2)13-7-11(16)14-8-12(9-15)5-3-4-6-12/h10,13,15H,3-9H2,1-2H3,(H,14,16). The molecule has 0 heterocycles. The predicted octanol–water partition coefficient (Wildman–Crippen LogP) is 0.653. The fourth-order valence-electron chi connectivity index (χ4n) is 2.16. The van der Waals surface area contributed by atoms with E-state index in [4.69, 9.17) is 0 Å². The summed E-state index contributed by atoms with van der Waals surface area (Å²) in [5.74, 6) is 0.0217. The lowest BCUT2D eigenvalue weighted by Gasteiger charge is -2.26. The number of aliphatic hydroxyl groups excluding tert-OH is 1. The van der Waals surface area contributed by atoms with Crippen molar-refractivity contribution in [3.8, 4) is 0 Å². The van der Waals surface area contributed by atoms with Crippen LogP contribution in [-0.2, 0) is 4.79 Å². The second kappa shape index (κ2) is 6.21. The molecule has 1 amide bonds. The van der Waals surface area contributed by atoms with Gasteiger partial charge in [-0.25, -0.2) is 0 Å². The van der Waals surface area contributed by atoms with Crippen LogP contribution in [0.2, 0.25) is 0 Å². The molecule has 0 atom stereocenters. The van der Waals surface area contributed by atoms with Crippen LogP contribution in [0.3, 0.4) is 0 Å². The van der Waals surface area contributed by atoms with E-state index in [1.807, 2.05) is 13.8 Å². The van der Waals surface area contributed by atoms with Crippen LogP contribution in [0, 0.1) is 5.41 Å². The largest absolute Gasteiger partial charge is 0.396 e. The van der Waals surface area contributed by atoms with Gasteiger partial charge in [-0.15, -0.1) is 0 Å². The molecular weight excluding hydrogens is 204 g/mol. The average Bonchev–Trinajstić information content (AvgIpc) is 2.73. The van der Waals surface area contributed by atoms with Crippen molar-refractivity contribution in [2.24, 2.45) is 5.41 Å². The van der Waals surface area contributed by atoms with Gasteiger partial charge < -0.3 is 15.7 Å². The molecule has 1 aliphatic carbocycles. The van der Waals surface area contributed by atoms with Gasteiger partial charge in [-0.1, -0.05) is 26.7 Å². The molecule has 0 aliphatic heterocycles. The van der Waals surface area contributed by atoms with Crippen molar-refractivity contribution in [3.05, 3.63) is 0 Å². The third-order valence-corrected chi connectivity index (χ3v) is 3.33. The second-order valence-corrected chi connectivity index (χ2v) is 5.18. The lowest BCUT2D eigenvalue weighted by Crippen LogP contribution is -2.43. The molecule has 0 unspecified atom stereocenters. The number of carbonyl (C=O) groups is 1. The summed E-state index contributed by atoms with van der Waals surface area (Å²) in [6.07, 6.45) is 4.39. The number of rotatable bonds is 6. The molecule has 4 heteroatoms. The lowest BCUT2D eigenvalue weighted by molar-refractivity contribution is -0.121. The highest BCUT2D eigenvalue weighted by molar-refractivity contribution is 5.78. The summed E-state index contributed by atoms with van der Waals surface area (Å²) < 4.78 is 0. The van der Waals surface area contributed by atoms with Gasteiger partial charge in [-0.2, -0.15) is 0 Å². The van der Waals surface area contributed by atoms with Crippen LogP contribution < -0.4 is 10.6 Å². The van der Waals surface area contributed by atoms with Crippen LogP contribution in [0.5, 0.6) is 0 Å². The summed E-state index contributed by atoms with van der Waals surface area (Å²) in [7, 11) is 0. The summed E-state index contributed by atoms with van der Waals surface area (Å²) in [5.41, 5.74) is -0.0481. The van der Waals surface area contributed by atoms with E-state index in [0.717, 1.165) is 12.8 Å². The van der Waals surface area contributed by atoms with Crippen molar-refractivity contribution in [2.75, 3.05) is 19.7 Å². The second-order valence-electron chi connectivity index (χ2n) is 5.18. The van der Waals surface area contributed by atoms with Gasteiger partial charge in [0.25, 0.3) is 0 Å². The molecule has 3 N–H and O–H groups in total. The molecule has 1 aliphatic rings. The summed E-state index contributed by atoms with van der Waals surface area (Å²) in [6, 6.07) is 0.323. The van der Waals surface area contributed by atoms with Gasteiger partial charge in [0.1, 0.15) is 0 Å². The average molecular weight is 228 g/mol. The first-order valence-corrected chi connectivity index (χ1v) is 6.19. The Bertz CT molecular complexity index is 223. The van der Waals surface area contributed by atoms with Crippen molar-refractivity contribution in [2.45, 2.75) is 45.6 Å². The minimum atomic E-state index is -0.0481. The van der Waals surface area contributed by atoms with E-state index in [-0.39, 0.29) is 17.9 Å². The van der Waals surface area contributed by atoms with Gasteiger partial charge in [0.2, 0.25) is 5.91 Å². The van der Waals surface area contributed by atoms with Gasteiger partial charge in [-0.3, -0.25) is 4.79 Å². The van der Waals surface area contributed by atoms with E-state index in [0.29, 0.717) is 19.1 Å². The maximum Gasteiger partial charge on any atom is 0.233 e. The molecule has 0 aromatic heterocycles. The molecule has 0 radical (unpaired) electrons. The Balaban J connectivity index is 2.24. The fraction of sp³-hybridized carbons (Fsp3) is 0.917. The Kier molecular flexibility index (Phi) is 5.22. The first kappa shape index (κ1) is 13.5. The zero-order valence-corrected chi connectivity index (χ0v) is 10.4. The number of amides is 1. The molecule has 1 rings (SSSR count). The lowest BCUT2D eigenvalue weighted by atomic mass is 9.87. The molecule has 0 aromatic rings. The van der Waals surface area contributed by atoms with E-state index in [2.05, 4.69) is 10.6 Å². The summed E-state index contributed by atoms with van der Waals surface area (Å²) in [4.78, 5) is 11.5. The Morgan fingerprint density at radius 3 is 2.50 bits per heavy atom. The molecule has 16 heavy (non-hydrogen) atoms. The number of aliphatic hydroxyl groups is 1. The van der Waals surface area contributed by atoms with Crippen LogP contribution in [0.25, 0.3) is 0 Å². The smallest absolute Gasteiger partial charge is 0.233 e. The third-order valence-electron chi connectivity index (χ3n) is 3.33. The zero-order valence-electron chi connectivity index (χ0n) is 10.4. The maximum atomic E-state index is 11.5. The Hall–Kier alpha value is -0.610. The van der Waals surface area contributed by atoms with Crippen LogP contribution >= 0.6 is 0 Å². The molecule has 0 spiro atoms. The first-order chi connectivity index (χ1) is 7.58. The maximum absolute atomic E-state index is 11.5. The number of carbonyl (C=O) groups excluding carboxylic acids is 1. The first-order valence-electron chi connectivity index (χ1n) is 6.19. The summed E-state index contributed by atoms with van der Waals surface area (Å²) >= 11 is 0. The zero-order chi connectivity index (χ0) is 12.0. The van der Waals surface area contributed by atoms with Gasteiger partial charge in [0, 0.05) is 18.0 Å². The van der Waals surface area contributed by atoms with Gasteiger partial charge in [-0.05, 0) is 12.8 Å². The number of nitrogens with one attached hydrogen (secondary N) is 2. The molecule has 0 bridgehead atoms. The van der Waals surface area contributed by atoms with Crippen molar-refractivity contribution >= 4 is 5.91 Å². The van der Waals surface area contributed by atoms with Crippen molar-refractivity contribution in [1.29, 1.82) is 0 Å². The van der Waals surface area contributed by atoms with E-state index < -0.39 is 0 Å². The summed E-state index contributed by atoms with van der Waals surface area (Å²) in [5, 5.41) is 15.4. The normalized spacial score (nSPS) is 19.0. The van der Waals surface area contributed by atoms with Gasteiger partial charge >= 0.3 is 0 Å². The Labute approximate surface area is 97.8 Å². The third kappa shape index (κ3) is 4.10. The van der Waals surface area contributed by atoms with E-state index in [1.54, 1.807) is 0 Å². The van der Waals surface area contributed by atoms with E-state index in [9.17, 15) is 9.90 Å². The Morgan fingerprint density at radius 2 is 2.00 bits per heavy atom. The van der Waals surface area contributed by atoms with E-state index in [1.165, 1.54) is 12.8 Å². The number of hydrogen-bond acceptors (Lipinski definition) is 3. The van der Waals surface area contributed by atoms with E-state index >= 15 is 0 Å².